The van der Waals surface area contributed by atoms with Gasteiger partial charge in [-0.15, -0.1) is 10.2 Å². The summed E-state index contributed by atoms with van der Waals surface area (Å²) in [6, 6.07) is 8.29. The van der Waals surface area contributed by atoms with Gasteiger partial charge in [-0.2, -0.15) is 0 Å². The molecule has 1 aromatic heterocycles. The summed E-state index contributed by atoms with van der Waals surface area (Å²) in [7, 11) is 1.95. The minimum absolute atomic E-state index is 0.0376. The number of nitrogens with zero attached hydrogens (tertiary/aromatic N) is 4. The van der Waals surface area contributed by atoms with E-state index >= 15 is 0 Å². The first-order valence-corrected chi connectivity index (χ1v) is 9.84. The predicted octanol–water partition coefficient (Wildman–Crippen LogP) is 3.00. The smallest absolute Gasteiger partial charge is 0.227 e. The summed E-state index contributed by atoms with van der Waals surface area (Å²) in [4.78, 5) is 15.6. The number of benzene rings is 1. The van der Waals surface area contributed by atoms with Crippen LogP contribution in [0.4, 0.5) is 0 Å². The zero-order valence-corrected chi connectivity index (χ0v) is 16.2. The predicted molar refractivity (Wildman–Crippen MR) is 100 cm³/mol. The van der Waals surface area contributed by atoms with Gasteiger partial charge in [-0.1, -0.05) is 18.2 Å². The molecule has 1 spiro atoms. The summed E-state index contributed by atoms with van der Waals surface area (Å²) in [6.45, 7) is 5.07. The number of aryl methyl sites for hydroxylation is 1. The average molecular weight is 366 g/mol. The minimum atomic E-state index is -0.253. The van der Waals surface area contributed by atoms with Gasteiger partial charge in [0.05, 0.1) is 6.04 Å². The molecule has 2 fully saturated rings. The molecule has 3 heterocycles. The van der Waals surface area contributed by atoms with Gasteiger partial charge in [0.1, 0.15) is 17.7 Å². The van der Waals surface area contributed by atoms with Crippen LogP contribution in [0, 0.1) is 5.92 Å². The molecule has 1 amide bonds. The summed E-state index contributed by atoms with van der Waals surface area (Å²) >= 11 is 0. The normalized spacial score (nSPS) is 30.9. The molecule has 2 aliphatic heterocycles. The zero-order valence-electron chi connectivity index (χ0n) is 16.2. The maximum Gasteiger partial charge on any atom is 0.227 e. The number of likely N-dealkylation sites (tertiary alicyclic amines) is 1. The summed E-state index contributed by atoms with van der Waals surface area (Å²) in [5, 5.41) is 8.28. The number of hydrogen-bond donors (Lipinski definition) is 0. The Bertz CT molecular complexity index is 905. The second-order valence-corrected chi connectivity index (χ2v) is 8.94. The molecule has 2 aromatic rings. The van der Waals surface area contributed by atoms with Crippen molar-refractivity contribution in [3.63, 3.8) is 0 Å². The van der Waals surface area contributed by atoms with Crippen LogP contribution in [0.2, 0.25) is 0 Å². The maximum absolute atomic E-state index is 13.5. The summed E-state index contributed by atoms with van der Waals surface area (Å²) in [5.74, 6) is 2.14. The van der Waals surface area contributed by atoms with Crippen molar-refractivity contribution in [3.05, 3.63) is 42.0 Å². The first kappa shape index (κ1) is 16.8. The van der Waals surface area contributed by atoms with E-state index in [2.05, 4.69) is 41.1 Å². The molecule has 3 atom stereocenters. The van der Waals surface area contributed by atoms with E-state index in [0.717, 1.165) is 43.8 Å². The lowest BCUT2D eigenvalue weighted by atomic mass is 9.79. The van der Waals surface area contributed by atoms with Gasteiger partial charge < -0.3 is 14.2 Å². The fraction of sp³-hybridized carbons (Fsp3) is 0.571. The number of fused-ring (bicyclic) bond motifs is 2. The summed E-state index contributed by atoms with van der Waals surface area (Å²) < 4.78 is 8.13. The number of carbonyl (C=O) groups is 1. The lowest BCUT2D eigenvalue weighted by Gasteiger charge is -2.39. The molecule has 1 saturated heterocycles. The Kier molecular flexibility index (Phi) is 3.46. The summed E-state index contributed by atoms with van der Waals surface area (Å²) in [6.07, 6.45) is 5.50. The van der Waals surface area contributed by atoms with E-state index in [1.54, 1.807) is 6.33 Å². The molecule has 1 aromatic carbocycles. The molecule has 6 nitrogen and oxygen atoms in total. The highest BCUT2D eigenvalue weighted by Gasteiger charge is 2.65. The van der Waals surface area contributed by atoms with Crippen LogP contribution in [-0.4, -0.2) is 37.7 Å². The van der Waals surface area contributed by atoms with Gasteiger partial charge in [-0.25, -0.2) is 0 Å². The molecule has 1 aliphatic carbocycles. The topological polar surface area (TPSA) is 60.2 Å². The Morgan fingerprint density at radius 1 is 1.30 bits per heavy atom. The molecule has 0 bridgehead atoms. The monoisotopic (exact) mass is 366 g/mol. The standard InChI is InChI=1S/C21H26N4O2/c1-20(2)12-21(14-7-4-5-9-17(14)27-20)11-15(21)19(26)25-10-6-8-16(25)18-23-22-13-24(18)3/h4-5,7,9,13,15-16H,6,8,10-12H2,1-3H3/t15-,16?,21+/m1/s1. The SMILES string of the molecule is Cn1cnnc1C1CCCN1C(=O)[C@H]1C[C@@]12CC(C)(C)Oc1ccccc12. The Morgan fingerprint density at radius 3 is 2.89 bits per heavy atom. The van der Waals surface area contributed by atoms with Crippen molar-refractivity contribution in [1.29, 1.82) is 0 Å². The fourth-order valence-corrected chi connectivity index (χ4v) is 5.37. The third-order valence-electron chi connectivity index (χ3n) is 6.50. The van der Waals surface area contributed by atoms with E-state index in [1.165, 1.54) is 5.56 Å². The highest BCUT2D eigenvalue weighted by Crippen LogP contribution is 2.64. The highest BCUT2D eigenvalue weighted by atomic mass is 16.5. The van der Waals surface area contributed by atoms with Crippen LogP contribution in [0.5, 0.6) is 5.75 Å². The molecule has 1 unspecified atom stereocenters. The number of aromatic nitrogens is 3. The van der Waals surface area contributed by atoms with Gasteiger partial charge in [0, 0.05) is 30.5 Å². The number of ether oxygens (including phenoxy) is 1. The molecule has 27 heavy (non-hydrogen) atoms. The fourth-order valence-electron chi connectivity index (χ4n) is 5.37. The molecule has 1 saturated carbocycles. The van der Waals surface area contributed by atoms with Crippen LogP contribution in [0.1, 0.15) is 57.0 Å². The zero-order chi connectivity index (χ0) is 18.8. The average Bonchev–Trinajstić information content (AvgIpc) is 2.96. The molecule has 0 N–H and O–H groups in total. The number of amides is 1. The van der Waals surface area contributed by atoms with E-state index in [0.29, 0.717) is 0 Å². The van der Waals surface area contributed by atoms with Gasteiger partial charge in [0.2, 0.25) is 5.91 Å². The molecular formula is C21H26N4O2. The third-order valence-corrected chi connectivity index (χ3v) is 6.50. The minimum Gasteiger partial charge on any atom is -0.488 e. The number of hydrogen-bond acceptors (Lipinski definition) is 4. The van der Waals surface area contributed by atoms with Crippen LogP contribution in [0.25, 0.3) is 0 Å². The second kappa shape index (κ2) is 5.57. The van der Waals surface area contributed by atoms with Crippen LogP contribution in [0.3, 0.4) is 0 Å². The first-order valence-electron chi connectivity index (χ1n) is 9.84. The Balaban J connectivity index is 1.46. The van der Waals surface area contributed by atoms with Crippen LogP contribution in [-0.2, 0) is 17.3 Å². The van der Waals surface area contributed by atoms with Crippen LogP contribution in [0.15, 0.2) is 30.6 Å². The highest BCUT2D eigenvalue weighted by molar-refractivity contribution is 5.85. The van der Waals surface area contributed by atoms with Gasteiger partial charge in [-0.05, 0) is 45.6 Å². The lowest BCUT2D eigenvalue weighted by molar-refractivity contribution is -0.134. The van der Waals surface area contributed by atoms with Gasteiger partial charge in [0.25, 0.3) is 0 Å². The van der Waals surface area contributed by atoms with Crippen molar-refractivity contribution in [3.8, 4) is 5.75 Å². The van der Waals surface area contributed by atoms with Crippen LogP contribution < -0.4 is 4.74 Å². The van der Waals surface area contributed by atoms with Crippen molar-refractivity contribution >= 4 is 5.91 Å². The summed E-state index contributed by atoms with van der Waals surface area (Å²) in [5.41, 5.74) is 0.872. The molecule has 6 heteroatoms. The van der Waals surface area contributed by atoms with Crippen molar-refractivity contribution < 1.29 is 9.53 Å². The lowest BCUT2D eigenvalue weighted by Crippen LogP contribution is -2.41. The van der Waals surface area contributed by atoms with E-state index < -0.39 is 0 Å². The van der Waals surface area contributed by atoms with E-state index in [-0.39, 0.29) is 28.9 Å². The molecular weight excluding hydrogens is 340 g/mol. The Hall–Kier alpha value is -2.37. The maximum atomic E-state index is 13.5. The van der Waals surface area contributed by atoms with Crippen LogP contribution >= 0.6 is 0 Å². The van der Waals surface area contributed by atoms with Gasteiger partial charge >= 0.3 is 0 Å². The van der Waals surface area contributed by atoms with Crippen molar-refractivity contribution in [2.75, 3.05) is 6.54 Å². The Labute approximate surface area is 159 Å². The molecule has 5 rings (SSSR count). The largest absolute Gasteiger partial charge is 0.488 e. The Morgan fingerprint density at radius 2 is 2.11 bits per heavy atom. The third kappa shape index (κ3) is 2.49. The van der Waals surface area contributed by atoms with Crippen molar-refractivity contribution in [2.45, 2.75) is 56.6 Å². The first-order chi connectivity index (χ1) is 12.9. The number of para-hydroxylation sites is 1. The van der Waals surface area contributed by atoms with E-state index in [4.69, 9.17) is 4.74 Å². The molecule has 3 aliphatic rings. The van der Waals surface area contributed by atoms with Gasteiger partial charge in [0.15, 0.2) is 5.82 Å². The van der Waals surface area contributed by atoms with Crippen molar-refractivity contribution in [1.82, 2.24) is 19.7 Å². The number of carbonyl (C=O) groups excluding carboxylic acids is 1. The van der Waals surface area contributed by atoms with E-state index in [9.17, 15) is 4.79 Å². The number of rotatable bonds is 2. The second-order valence-electron chi connectivity index (χ2n) is 8.94. The quantitative estimate of drug-likeness (QED) is 0.820. The van der Waals surface area contributed by atoms with E-state index in [1.807, 2.05) is 23.7 Å². The van der Waals surface area contributed by atoms with Gasteiger partial charge in [-0.3, -0.25) is 4.79 Å². The van der Waals surface area contributed by atoms with Crippen molar-refractivity contribution in [2.24, 2.45) is 13.0 Å². The molecule has 0 radical (unpaired) electrons. The molecule has 142 valence electrons.